The molecule has 1 nitrogen and oxygen atoms in total. The summed E-state index contributed by atoms with van der Waals surface area (Å²) >= 11 is 9.24. The van der Waals surface area contributed by atoms with Crippen LogP contribution in [0.3, 0.4) is 0 Å². The second kappa shape index (κ2) is 3.15. The third kappa shape index (κ3) is 1.35. The summed E-state index contributed by atoms with van der Waals surface area (Å²) in [5.74, 6) is 1.13. The van der Waals surface area contributed by atoms with Crippen molar-refractivity contribution in [3.8, 4) is 0 Å². The molecule has 0 amide bonds. The van der Waals surface area contributed by atoms with Crippen LogP contribution < -0.4 is 0 Å². The van der Waals surface area contributed by atoms with Gasteiger partial charge in [-0.3, -0.25) is 4.79 Å². The van der Waals surface area contributed by atoms with E-state index in [0.29, 0.717) is 10.4 Å². The molecule has 2 unspecified atom stereocenters. The van der Waals surface area contributed by atoms with Gasteiger partial charge < -0.3 is 0 Å². The van der Waals surface area contributed by atoms with Crippen molar-refractivity contribution in [3.05, 3.63) is 9.51 Å². The van der Waals surface area contributed by atoms with Gasteiger partial charge in [0.2, 0.25) is 0 Å². The molecular weight excluding hydrogens is 239 g/mol. The first-order valence-electron chi connectivity index (χ1n) is 4.27. The lowest BCUT2D eigenvalue weighted by Gasteiger charge is -2.07. The summed E-state index contributed by atoms with van der Waals surface area (Å²) in [5, 5.41) is 0.729. The number of Topliss-reactive ketones (excluding diaryl/α,β-unsaturated/α-hetero) is 1. The first kappa shape index (κ1) is 8.76. The predicted molar refractivity (Wildman–Crippen MR) is 52.3 cm³/mol. The number of halogens is 2. The first-order chi connectivity index (χ1) is 5.68. The monoisotopic (exact) mass is 248 g/mol. The summed E-state index contributed by atoms with van der Waals surface area (Å²) < 4.78 is 0.636. The summed E-state index contributed by atoms with van der Waals surface area (Å²) in [5.41, 5.74) is 0. The highest BCUT2D eigenvalue weighted by atomic mass is 79.9. The third-order valence-electron chi connectivity index (χ3n) is 2.83. The van der Waals surface area contributed by atoms with Crippen LogP contribution in [-0.4, -0.2) is 5.78 Å². The highest BCUT2D eigenvalue weighted by Crippen LogP contribution is 2.43. The topological polar surface area (TPSA) is 17.1 Å². The van der Waals surface area contributed by atoms with E-state index in [-0.39, 0.29) is 11.7 Å². The minimum Gasteiger partial charge on any atom is -0.293 e. The molecule has 12 heavy (non-hydrogen) atoms. The summed E-state index contributed by atoms with van der Waals surface area (Å²) in [6.45, 7) is 0. The molecular formula is C9H10BrClO. The Balaban J connectivity index is 2.33. The van der Waals surface area contributed by atoms with Crippen LogP contribution in [0.25, 0.3) is 0 Å². The fourth-order valence-corrected chi connectivity index (χ4v) is 2.95. The van der Waals surface area contributed by atoms with Crippen molar-refractivity contribution >= 4 is 33.3 Å². The average Bonchev–Trinajstić information content (AvgIpc) is 2.46. The van der Waals surface area contributed by atoms with Crippen LogP contribution >= 0.6 is 27.5 Å². The van der Waals surface area contributed by atoms with Crippen LogP contribution in [0.1, 0.15) is 25.7 Å². The third-order valence-corrected chi connectivity index (χ3v) is 4.28. The standard InChI is InChI=1S/C9H10BrClO/c10-8-7(11)4-5-1-2-6(3-5)9(8)12/h5-6H,1-4H2. The molecule has 0 saturated heterocycles. The van der Waals surface area contributed by atoms with Gasteiger partial charge in [0.15, 0.2) is 5.78 Å². The Morgan fingerprint density at radius 1 is 1.42 bits per heavy atom. The normalized spacial score (nSPS) is 35.7. The predicted octanol–water partition coefficient (Wildman–Crippen LogP) is 3.22. The van der Waals surface area contributed by atoms with Gasteiger partial charge in [-0.05, 0) is 47.5 Å². The van der Waals surface area contributed by atoms with E-state index in [1.807, 2.05) is 0 Å². The molecule has 0 aromatic carbocycles. The summed E-state index contributed by atoms with van der Waals surface area (Å²) in [6, 6.07) is 0. The Bertz CT molecular complexity index is 259. The van der Waals surface area contributed by atoms with Gasteiger partial charge in [0, 0.05) is 11.0 Å². The van der Waals surface area contributed by atoms with Crippen LogP contribution in [0.5, 0.6) is 0 Å². The molecule has 0 aliphatic heterocycles. The zero-order valence-corrected chi connectivity index (χ0v) is 8.99. The molecule has 1 saturated carbocycles. The van der Waals surface area contributed by atoms with Gasteiger partial charge in [-0.25, -0.2) is 0 Å². The second-order valence-electron chi connectivity index (χ2n) is 3.66. The van der Waals surface area contributed by atoms with E-state index >= 15 is 0 Å². The van der Waals surface area contributed by atoms with Gasteiger partial charge in [0.25, 0.3) is 0 Å². The number of carbonyl (C=O) groups excluding carboxylic acids is 1. The Hall–Kier alpha value is 0.180. The van der Waals surface area contributed by atoms with Gasteiger partial charge in [-0.15, -0.1) is 0 Å². The van der Waals surface area contributed by atoms with Crippen molar-refractivity contribution in [1.82, 2.24) is 0 Å². The maximum atomic E-state index is 11.6. The van der Waals surface area contributed by atoms with Gasteiger partial charge in [0.1, 0.15) is 0 Å². The molecule has 1 fully saturated rings. The van der Waals surface area contributed by atoms with Crippen molar-refractivity contribution in [2.24, 2.45) is 11.8 Å². The number of ketones is 1. The Kier molecular flexibility index (Phi) is 2.30. The van der Waals surface area contributed by atoms with E-state index in [1.165, 1.54) is 6.42 Å². The van der Waals surface area contributed by atoms with E-state index in [1.54, 1.807) is 0 Å². The molecule has 2 bridgehead atoms. The van der Waals surface area contributed by atoms with Crippen molar-refractivity contribution in [3.63, 3.8) is 0 Å². The smallest absolute Gasteiger partial charge is 0.174 e. The number of hydrogen-bond donors (Lipinski definition) is 0. The highest BCUT2D eigenvalue weighted by Gasteiger charge is 2.35. The van der Waals surface area contributed by atoms with Crippen molar-refractivity contribution in [2.75, 3.05) is 0 Å². The molecule has 0 N–H and O–H groups in total. The summed E-state index contributed by atoms with van der Waals surface area (Å²) in [7, 11) is 0. The molecule has 0 heterocycles. The SMILES string of the molecule is O=C1C(Br)=C(Cl)CC2CCC1C2. The first-order valence-corrected chi connectivity index (χ1v) is 5.44. The van der Waals surface area contributed by atoms with Crippen LogP contribution in [0.4, 0.5) is 0 Å². The molecule has 2 aliphatic carbocycles. The molecule has 2 rings (SSSR count). The molecule has 0 spiro atoms. The van der Waals surface area contributed by atoms with Crippen LogP contribution in [-0.2, 0) is 4.79 Å². The van der Waals surface area contributed by atoms with Crippen molar-refractivity contribution in [2.45, 2.75) is 25.7 Å². The molecule has 0 aromatic heterocycles. The fraction of sp³-hybridized carbons (Fsp3) is 0.667. The largest absolute Gasteiger partial charge is 0.293 e. The van der Waals surface area contributed by atoms with E-state index in [4.69, 9.17) is 11.6 Å². The molecule has 2 atom stereocenters. The van der Waals surface area contributed by atoms with Crippen LogP contribution in [0.15, 0.2) is 9.51 Å². The molecule has 2 aliphatic rings. The number of rotatable bonds is 0. The lowest BCUT2D eigenvalue weighted by atomic mass is 10.0. The lowest BCUT2D eigenvalue weighted by molar-refractivity contribution is -0.118. The minimum absolute atomic E-state index is 0.222. The number of fused-ring (bicyclic) bond motifs is 2. The van der Waals surface area contributed by atoms with Gasteiger partial charge >= 0.3 is 0 Å². The Morgan fingerprint density at radius 3 is 2.92 bits per heavy atom. The summed E-state index contributed by atoms with van der Waals surface area (Å²) in [4.78, 5) is 11.6. The molecule has 66 valence electrons. The van der Waals surface area contributed by atoms with Crippen molar-refractivity contribution in [1.29, 1.82) is 0 Å². The molecule has 3 heteroatoms. The average molecular weight is 250 g/mol. The van der Waals surface area contributed by atoms with E-state index < -0.39 is 0 Å². The van der Waals surface area contributed by atoms with Gasteiger partial charge in [-0.2, -0.15) is 0 Å². The quantitative estimate of drug-likeness (QED) is 0.644. The molecule has 0 aromatic rings. The van der Waals surface area contributed by atoms with Gasteiger partial charge in [0.05, 0.1) is 4.48 Å². The van der Waals surface area contributed by atoms with E-state index in [2.05, 4.69) is 15.9 Å². The van der Waals surface area contributed by atoms with Gasteiger partial charge in [-0.1, -0.05) is 11.6 Å². The second-order valence-corrected chi connectivity index (χ2v) is 4.91. The number of allylic oxidation sites excluding steroid dienone is 2. The van der Waals surface area contributed by atoms with E-state index in [9.17, 15) is 4.79 Å². The van der Waals surface area contributed by atoms with Crippen molar-refractivity contribution < 1.29 is 4.79 Å². The fourth-order valence-electron chi connectivity index (χ4n) is 2.15. The zero-order valence-electron chi connectivity index (χ0n) is 6.65. The van der Waals surface area contributed by atoms with E-state index in [0.717, 1.165) is 24.3 Å². The zero-order chi connectivity index (χ0) is 8.72. The number of hydrogen-bond acceptors (Lipinski definition) is 1. The summed E-state index contributed by atoms with van der Waals surface area (Å²) in [6.07, 6.45) is 4.17. The highest BCUT2D eigenvalue weighted by molar-refractivity contribution is 9.12. The number of carbonyl (C=O) groups is 1. The Morgan fingerprint density at radius 2 is 2.17 bits per heavy atom. The maximum absolute atomic E-state index is 11.6. The molecule has 0 radical (unpaired) electrons. The van der Waals surface area contributed by atoms with Crippen LogP contribution in [0, 0.1) is 11.8 Å². The Labute approximate surface area is 85.3 Å². The minimum atomic E-state index is 0.222. The van der Waals surface area contributed by atoms with Crippen LogP contribution in [0.2, 0.25) is 0 Å². The lowest BCUT2D eigenvalue weighted by Crippen LogP contribution is -2.09. The maximum Gasteiger partial charge on any atom is 0.174 e.